The van der Waals surface area contributed by atoms with Crippen LogP contribution in [0.1, 0.15) is 13.3 Å². The smallest absolute Gasteiger partial charge is 0.103 e. The molecule has 0 heterocycles. The van der Waals surface area contributed by atoms with E-state index in [1.54, 1.807) is 0 Å². The standard InChI is InChI=1S/C7H16O5/c1-4(9)5(10)2-6(11)7(12)3-8/h4-12H,2-3H2,1H3. The molecule has 0 aromatic rings. The van der Waals surface area contributed by atoms with Crippen molar-refractivity contribution in [3.8, 4) is 0 Å². The SMILES string of the molecule is CC(O)C(O)CC(O)C(O)CO. The molecule has 0 saturated carbocycles. The summed E-state index contributed by atoms with van der Waals surface area (Å²) in [7, 11) is 0. The van der Waals surface area contributed by atoms with Crippen LogP contribution in [-0.2, 0) is 0 Å². The van der Waals surface area contributed by atoms with Crippen molar-refractivity contribution in [1.82, 2.24) is 0 Å². The molecule has 0 aliphatic carbocycles. The molecular formula is C7H16O5. The van der Waals surface area contributed by atoms with Crippen molar-refractivity contribution < 1.29 is 25.5 Å². The van der Waals surface area contributed by atoms with Crippen LogP contribution in [0.5, 0.6) is 0 Å². The van der Waals surface area contributed by atoms with Crippen LogP contribution in [0.4, 0.5) is 0 Å². The van der Waals surface area contributed by atoms with Gasteiger partial charge >= 0.3 is 0 Å². The van der Waals surface area contributed by atoms with Gasteiger partial charge in [0.15, 0.2) is 0 Å². The summed E-state index contributed by atoms with van der Waals surface area (Å²) in [4.78, 5) is 0. The molecule has 12 heavy (non-hydrogen) atoms. The van der Waals surface area contributed by atoms with Crippen molar-refractivity contribution in [2.75, 3.05) is 6.61 Å². The molecule has 0 amide bonds. The zero-order valence-corrected chi connectivity index (χ0v) is 6.96. The first kappa shape index (κ1) is 11.8. The van der Waals surface area contributed by atoms with Gasteiger partial charge in [-0.1, -0.05) is 0 Å². The molecule has 5 N–H and O–H groups in total. The fourth-order valence-electron chi connectivity index (χ4n) is 0.723. The minimum absolute atomic E-state index is 0.153. The third-order valence-electron chi connectivity index (χ3n) is 1.67. The van der Waals surface area contributed by atoms with Crippen LogP contribution >= 0.6 is 0 Å². The highest BCUT2D eigenvalue weighted by molar-refractivity contribution is 4.72. The minimum Gasteiger partial charge on any atom is -0.394 e. The number of hydrogen-bond acceptors (Lipinski definition) is 5. The van der Waals surface area contributed by atoms with E-state index in [0.717, 1.165) is 0 Å². The van der Waals surface area contributed by atoms with E-state index in [2.05, 4.69) is 0 Å². The molecule has 0 aromatic heterocycles. The van der Waals surface area contributed by atoms with Crippen LogP contribution in [0.2, 0.25) is 0 Å². The Bertz CT molecular complexity index is 116. The zero-order chi connectivity index (χ0) is 9.72. The van der Waals surface area contributed by atoms with Crippen LogP contribution in [0.15, 0.2) is 0 Å². The molecule has 0 rings (SSSR count). The molecule has 0 spiro atoms. The molecule has 0 saturated heterocycles. The lowest BCUT2D eigenvalue weighted by atomic mass is 10.0. The summed E-state index contributed by atoms with van der Waals surface area (Å²) in [5.41, 5.74) is 0. The van der Waals surface area contributed by atoms with Crippen LogP contribution in [-0.4, -0.2) is 56.6 Å². The average molecular weight is 180 g/mol. The lowest BCUT2D eigenvalue weighted by Gasteiger charge is -2.20. The zero-order valence-electron chi connectivity index (χ0n) is 6.96. The quantitative estimate of drug-likeness (QED) is 0.331. The van der Waals surface area contributed by atoms with Gasteiger partial charge in [-0.15, -0.1) is 0 Å². The second-order valence-corrected chi connectivity index (χ2v) is 2.86. The van der Waals surface area contributed by atoms with Crippen LogP contribution in [0, 0.1) is 0 Å². The third kappa shape index (κ3) is 3.99. The Morgan fingerprint density at radius 1 is 0.917 bits per heavy atom. The molecule has 74 valence electrons. The molecular weight excluding hydrogens is 164 g/mol. The molecule has 5 heteroatoms. The monoisotopic (exact) mass is 180 g/mol. The fourth-order valence-corrected chi connectivity index (χ4v) is 0.723. The summed E-state index contributed by atoms with van der Waals surface area (Å²) in [5.74, 6) is 0. The average Bonchev–Trinajstić information content (AvgIpc) is 2.02. The Morgan fingerprint density at radius 2 is 1.42 bits per heavy atom. The van der Waals surface area contributed by atoms with Crippen molar-refractivity contribution >= 4 is 0 Å². The first-order valence-corrected chi connectivity index (χ1v) is 3.82. The van der Waals surface area contributed by atoms with Crippen molar-refractivity contribution in [2.24, 2.45) is 0 Å². The Morgan fingerprint density at radius 3 is 1.75 bits per heavy atom. The van der Waals surface area contributed by atoms with E-state index < -0.39 is 31.0 Å². The molecule has 0 fully saturated rings. The predicted octanol–water partition coefficient (Wildman–Crippen LogP) is -2.17. The van der Waals surface area contributed by atoms with Gasteiger partial charge in [-0.25, -0.2) is 0 Å². The summed E-state index contributed by atoms with van der Waals surface area (Å²) in [5, 5.41) is 44.2. The number of aliphatic hydroxyl groups excluding tert-OH is 5. The van der Waals surface area contributed by atoms with Gasteiger partial charge < -0.3 is 25.5 Å². The largest absolute Gasteiger partial charge is 0.394 e. The highest BCUT2D eigenvalue weighted by Gasteiger charge is 2.21. The molecule has 4 unspecified atom stereocenters. The Balaban J connectivity index is 3.75. The van der Waals surface area contributed by atoms with Gasteiger partial charge in [0.25, 0.3) is 0 Å². The van der Waals surface area contributed by atoms with E-state index in [1.807, 2.05) is 0 Å². The minimum atomic E-state index is -1.27. The van der Waals surface area contributed by atoms with Crippen LogP contribution in [0.3, 0.4) is 0 Å². The highest BCUT2D eigenvalue weighted by atomic mass is 16.4. The molecule has 5 nitrogen and oxygen atoms in total. The molecule has 0 aromatic carbocycles. The lowest BCUT2D eigenvalue weighted by Crippen LogP contribution is -2.36. The molecule has 0 aliphatic rings. The number of aliphatic hydroxyl groups is 5. The topological polar surface area (TPSA) is 101 Å². The van der Waals surface area contributed by atoms with E-state index in [-0.39, 0.29) is 6.42 Å². The summed E-state index contributed by atoms with van der Waals surface area (Å²) in [6.45, 7) is 0.816. The predicted molar refractivity (Wildman–Crippen MR) is 41.4 cm³/mol. The van der Waals surface area contributed by atoms with Gasteiger partial charge in [-0.2, -0.15) is 0 Å². The normalized spacial score (nSPS) is 21.5. The van der Waals surface area contributed by atoms with Gasteiger partial charge in [0, 0.05) is 6.42 Å². The Labute approximate surface area is 70.9 Å². The van der Waals surface area contributed by atoms with Crippen LogP contribution < -0.4 is 0 Å². The maximum atomic E-state index is 9.06. The maximum absolute atomic E-state index is 9.06. The first-order valence-electron chi connectivity index (χ1n) is 3.82. The Kier molecular flexibility index (Phi) is 5.36. The van der Waals surface area contributed by atoms with Gasteiger partial charge in [-0.3, -0.25) is 0 Å². The van der Waals surface area contributed by atoms with E-state index in [4.69, 9.17) is 25.5 Å². The van der Waals surface area contributed by atoms with Gasteiger partial charge in [0.1, 0.15) is 6.10 Å². The maximum Gasteiger partial charge on any atom is 0.103 e. The van der Waals surface area contributed by atoms with E-state index in [1.165, 1.54) is 6.92 Å². The van der Waals surface area contributed by atoms with Crippen molar-refractivity contribution in [2.45, 2.75) is 37.8 Å². The number of rotatable bonds is 5. The van der Waals surface area contributed by atoms with Crippen molar-refractivity contribution in [3.63, 3.8) is 0 Å². The van der Waals surface area contributed by atoms with Gasteiger partial charge in [0.05, 0.1) is 24.9 Å². The second-order valence-electron chi connectivity index (χ2n) is 2.86. The van der Waals surface area contributed by atoms with Gasteiger partial charge in [0.2, 0.25) is 0 Å². The summed E-state index contributed by atoms with van der Waals surface area (Å²) < 4.78 is 0. The first-order chi connectivity index (χ1) is 5.49. The number of hydrogen-bond donors (Lipinski definition) is 5. The third-order valence-corrected chi connectivity index (χ3v) is 1.67. The summed E-state index contributed by atoms with van der Waals surface area (Å²) in [6, 6.07) is 0. The summed E-state index contributed by atoms with van der Waals surface area (Å²) >= 11 is 0. The second kappa shape index (κ2) is 5.45. The van der Waals surface area contributed by atoms with Crippen molar-refractivity contribution in [3.05, 3.63) is 0 Å². The van der Waals surface area contributed by atoms with Crippen LogP contribution in [0.25, 0.3) is 0 Å². The fraction of sp³-hybridized carbons (Fsp3) is 1.00. The molecule has 0 radical (unpaired) electrons. The Hall–Kier alpha value is -0.200. The lowest BCUT2D eigenvalue weighted by molar-refractivity contribution is -0.0574. The van der Waals surface area contributed by atoms with E-state index >= 15 is 0 Å². The molecule has 4 atom stereocenters. The van der Waals surface area contributed by atoms with Gasteiger partial charge in [-0.05, 0) is 6.92 Å². The molecule has 0 aliphatic heterocycles. The highest BCUT2D eigenvalue weighted by Crippen LogP contribution is 2.06. The van der Waals surface area contributed by atoms with E-state index in [9.17, 15) is 0 Å². The van der Waals surface area contributed by atoms with Crippen molar-refractivity contribution in [1.29, 1.82) is 0 Å². The van der Waals surface area contributed by atoms with E-state index in [0.29, 0.717) is 0 Å². The summed E-state index contributed by atoms with van der Waals surface area (Å²) in [6.07, 6.45) is -4.66. The molecule has 0 bridgehead atoms.